The molecule has 0 saturated heterocycles. The molecule has 0 atom stereocenters. The summed E-state index contributed by atoms with van der Waals surface area (Å²) in [5.41, 5.74) is -0.111. The van der Waals surface area contributed by atoms with Gasteiger partial charge in [0.15, 0.2) is 0 Å². The highest BCUT2D eigenvalue weighted by Crippen LogP contribution is 1.94. The van der Waals surface area contributed by atoms with E-state index in [9.17, 15) is 4.79 Å². The first kappa shape index (κ1) is 9.66. The van der Waals surface area contributed by atoms with Crippen molar-refractivity contribution in [1.29, 1.82) is 0 Å². The summed E-state index contributed by atoms with van der Waals surface area (Å²) < 4.78 is 5.67. The van der Waals surface area contributed by atoms with Gasteiger partial charge in [0.25, 0.3) is 5.56 Å². The molecule has 0 aliphatic carbocycles. The lowest BCUT2D eigenvalue weighted by atomic mass is 10.6. The molecular formula is C7H9IN2O2. The zero-order chi connectivity index (χ0) is 8.97. The topological polar surface area (TPSA) is 55.0 Å². The third-order valence-electron chi connectivity index (χ3n) is 1.25. The Morgan fingerprint density at radius 1 is 1.75 bits per heavy atom. The maximum absolute atomic E-state index is 11.0. The van der Waals surface area contributed by atoms with Crippen molar-refractivity contribution >= 4 is 22.6 Å². The molecule has 0 spiro atoms. The molecule has 0 aliphatic heterocycles. The van der Waals surface area contributed by atoms with Crippen LogP contribution in [0.15, 0.2) is 11.0 Å². The Morgan fingerprint density at radius 2 is 2.50 bits per heavy atom. The molecular weight excluding hydrogens is 271 g/mol. The van der Waals surface area contributed by atoms with Crippen LogP contribution in [-0.4, -0.2) is 16.6 Å². The van der Waals surface area contributed by atoms with E-state index in [1.807, 2.05) is 29.5 Å². The van der Waals surface area contributed by atoms with E-state index in [2.05, 4.69) is 9.97 Å². The van der Waals surface area contributed by atoms with Crippen molar-refractivity contribution in [3.05, 3.63) is 25.9 Å². The lowest BCUT2D eigenvalue weighted by Gasteiger charge is -1.99. The van der Waals surface area contributed by atoms with Crippen LogP contribution < -0.4 is 5.56 Å². The van der Waals surface area contributed by atoms with Gasteiger partial charge in [-0.15, -0.1) is 0 Å². The smallest absolute Gasteiger partial charge is 0.264 e. The molecule has 0 saturated carbocycles. The Balaban J connectivity index is 2.76. The normalized spacial score (nSPS) is 10.2. The van der Waals surface area contributed by atoms with E-state index in [-0.39, 0.29) is 5.56 Å². The summed E-state index contributed by atoms with van der Waals surface area (Å²) in [5, 5.41) is 0. The monoisotopic (exact) mass is 280 g/mol. The van der Waals surface area contributed by atoms with E-state index in [1.54, 1.807) is 0 Å². The second-order valence-electron chi connectivity index (χ2n) is 2.14. The molecule has 0 aromatic carbocycles. The maximum atomic E-state index is 11.0. The van der Waals surface area contributed by atoms with Crippen molar-refractivity contribution in [1.82, 2.24) is 9.97 Å². The number of halogens is 1. The molecule has 1 N–H and O–H groups in total. The summed E-state index contributed by atoms with van der Waals surface area (Å²) in [6.45, 7) is 2.88. The molecule has 0 fully saturated rings. The van der Waals surface area contributed by atoms with Gasteiger partial charge in [-0.05, 0) is 29.5 Å². The van der Waals surface area contributed by atoms with Gasteiger partial charge in [0, 0.05) is 12.8 Å². The molecule has 12 heavy (non-hydrogen) atoms. The SMILES string of the molecule is CCOCc1ncc(I)c(=O)[nH]1. The second kappa shape index (κ2) is 4.56. The predicted octanol–water partition coefficient (Wildman–Crippen LogP) is 0.911. The lowest BCUT2D eigenvalue weighted by Crippen LogP contribution is -2.14. The zero-order valence-electron chi connectivity index (χ0n) is 6.63. The number of rotatable bonds is 3. The van der Waals surface area contributed by atoms with E-state index in [0.717, 1.165) is 0 Å². The van der Waals surface area contributed by atoms with Crippen LogP contribution >= 0.6 is 22.6 Å². The quantitative estimate of drug-likeness (QED) is 0.837. The molecule has 1 rings (SSSR count). The summed E-state index contributed by atoms with van der Waals surface area (Å²) in [7, 11) is 0. The van der Waals surface area contributed by atoms with E-state index in [4.69, 9.17) is 4.74 Å². The van der Waals surface area contributed by atoms with Gasteiger partial charge in [0.05, 0.1) is 3.57 Å². The summed E-state index contributed by atoms with van der Waals surface area (Å²) in [6.07, 6.45) is 1.54. The number of nitrogens with zero attached hydrogens (tertiary/aromatic N) is 1. The Hall–Kier alpha value is -0.430. The number of ether oxygens (including phenoxy) is 1. The fourth-order valence-electron chi connectivity index (χ4n) is 0.688. The highest BCUT2D eigenvalue weighted by molar-refractivity contribution is 14.1. The van der Waals surface area contributed by atoms with Gasteiger partial charge in [0.1, 0.15) is 12.4 Å². The lowest BCUT2D eigenvalue weighted by molar-refractivity contribution is 0.128. The largest absolute Gasteiger partial charge is 0.374 e. The first-order valence-electron chi connectivity index (χ1n) is 3.55. The molecule has 1 heterocycles. The van der Waals surface area contributed by atoms with E-state index in [0.29, 0.717) is 22.6 Å². The molecule has 66 valence electrons. The number of hydrogen-bond donors (Lipinski definition) is 1. The van der Waals surface area contributed by atoms with Gasteiger partial charge in [-0.3, -0.25) is 4.79 Å². The minimum absolute atomic E-state index is 0.111. The fraction of sp³-hybridized carbons (Fsp3) is 0.429. The van der Waals surface area contributed by atoms with E-state index in [1.165, 1.54) is 6.20 Å². The van der Waals surface area contributed by atoms with Crippen molar-refractivity contribution < 1.29 is 4.74 Å². The predicted molar refractivity (Wildman–Crippen MR) is 52.9 cm³/mol. The average Bonchev–Trinajstić information content (AvgIpc) is 2.07. The highest BCUT2D eigenvalue weighted by Gasteiger charge is 1.98. The molecule has 0 amide bonds. The molecule has 0 radical (unpaired) electrons. The number of aromatic nitrogens is 2. The van der Waals surface area contributed by atoms with Gasteiger partial charge in [-0.1, -0.05) is 0 Å². The van der Waals surface area contributed by atoms with Crippen molar-refractivity contribution in [2.45, 2.75) is 13.5 Å². The van der Waals surface area contributed by atoms with Crippen LogP contribution in [-0.2, 0) is 11.3 Å². The number of aromatic amines is 1. The van der Waals surface area contributed by atoms with Gasteiger partial charge < -0.3 is 9.72 Å². The van der Waals surface area contributed by atoms with Crippen LogP contribution in [0.1, 0.15) is 12.7 Å². The van der Waals surface area contributed by atoms with Crippen LogP contribution in [0.5, 0.6) is 0 Å². The first-order chi connectivity index (χ1) is 5.74. The van der Waals surface area contributed by atoms with Crippen LogP contribution in [0.3, 0.4) is 0 Å². The van der Waals surface area contributed by atoms with Crippen molar-refractivity contribution in [2.24, 2.45) is 0 Å². The van der Waals surface area contributed by atoms with E-state index >= 15 is 0 Å². The van der Waals surface area contributed by atoms with Gasteiger partial charge in [-0.25, -0.2) is 4.98 Å². The number of H-pyrrole nitrogens is 1. The Kier molecular flexibility index (Phi) is 3.67. The van der Waals surface area contributed by atoms with Crippen LogP contribution in [0.4, 0.5) is 0 Å². The van der Waals surface area contributed by atoms with Crippen LogP contribution in [0.25, 0.3) is 0 Å². The van der Waals surface area contributed by atoms with Gasteiger partial charge in [-0.2, -0.15) is 0 Å². The maximum Gasteiger partial charge on any atom is 0.264 e. The Morgan fingerprint density at radius 3 is 3.08 bits per heavy atom. The molecule has 0 unspecified atom stereocenters. The highest BCUT2D eigenvalue weighted by atomic mass is 127. The van der Waals surface area contributed by atoms with Crippen molar-refractivity contribution in [2.75, 3.05) is 6.61 Å². The molecule has 5 heteroatoms. The van der Waals surface area contributed by atoms with Gasteiger partial charge in [0.2, 0.25) is 0 Å². The van der Waals surface area contributed by atoms with Crippen molar-refractivity contribution in [3.63, 3.8) is 0 Å². The minimum Gasteiger partial charge on any atom is -0.374 e. The molecule has 1 aromatic heterocycles. The van der Waals surface area contributed by atoms with Gasteiger partial charge >= 0.3 is 0 Å². The zero-order valence-corrected chi connectivity index (χ0v) is 8.79. The van der Waals surface area contributed by atoms with Crippen LogP contribution in [0, 0.1) is 3.57 Å². The minimum atomic E-state index is -0.111. The fourth-order valence-corrected chi connectivity index (χ4v) is 0.962. The summed E-state index contributed by atoms with van der Waals surface area (Å²) in [5.74, 6) is 0.572. The first-order valence-corrected chi connectivity index (χ1v) is 4.63. The summed E-state index contributed by atoms with van der Waals surface area (Å²) >= 11 is 1.93. The summed E-state index contributed by atoms with van der Waals surface area (Å²) in [4.78, 5) is 17.6. The third-order valence-corrected chi connectivity index (χ3v) is 2.02. The molecule has 0 bridgehead atoms. The number of hydrogen-bond acceptors (Lipinski definition) is 3. The summed E-state index contributed by atoms with van der Waals surface area (Å²) in [6, 6.07) is 0. The Bertz CT molecular complexity index is 311. The second-order valence-corrected chi connectivity index (χ2v) is 3.31. The van der Waals surface area contributed by atoms with Crippen LogP contribution in [0.2, 0.25) is 0 Å². The average molecular weight is 280 g/mol. The molecule has 4 nitrogen and oxygen atoms in total. The molecule has 1 aromatic rings. The standard InChI is InChI=1S/C7H9IN2O2/c1-2-12-4-6-9-3-5(8)7(11)10-6/h3H,2,4H2,1H3,(H,9,10,11). The molecule has 0 aliphatic rings. The van der Waals surface area contributed by atoms with E-state index < -0.39 is 0 Å². The Labute approximate surface area is 83.5 Å². The third kappa shape index (κ3) is 2.56. The number of nitrogens with one attached hydrogen (secondary N) is 1. The van der Waals surface area contributed by atoms with Crippen molar-refractivity contribution in [3.8, 4) is 0 Å².